The number of hydrogen-bond donors (Lipinski definition) is 2. The Morgan fingerprint density at radius 3 is 2.50 bits per heavy atom. The molecule has 2 aromatic rings. The number of ether oxygens (including phenoxy) is 1. The molecule has 140 valence electrons. The number of nitrogens with zero attached hydrogens (tertiary/aromatic N) is 1. The molecular formula is C19H25N3O3S. The molecule has 7 heteroatoms. The molecule has 2 rings (SSSR count). The molecule has 2 N–H and O–H groups in total. The van der Waals surface area contributed by atoms with Gasteiger partial charge in [-0.3, -0.25) is 20.4 Å². The Morgan fingerprint density at radius 1 is 1.19 bits per heavy atom. The number of amides is 2. The fraction of sp³-hybridized carbons (Fsp3) is 0.421. The number of aromatic nitrogens is 1. The van der Waals surface area contributed by atoms with Crippen molar-refractivity contribution in [3.63, 3.8) is 0 Å². The van der Waals surface area contributed by atoms with Crippen LogP contribution in [0.3, 0.4) is 0 Å². The summed E-state index contributed by atoms with van der Waals surface area (Å²) in [6.07, 6.45) is 0.815. The molecule has 0 saturated carbocycles. The monoisotopic (exact) mass is 375 g/mol. The maximum absolute atomic E-state index is 12.3. The van der Waals surface area contributed by atoms with Gasteiger partial charge < -0.3 is 4.74 Å². The number of nitrogens with one attached hydrogen (secondary N) is 2. The smallest absolute Gasteiger partial charge is 0.281 e. The van der Waals surface area contributed by atoms with Crippen molar-refractivity contribution in [2.24, 2.45) is 0 Å². The van der Waals surface area contributed by atoms with E-state index in [0.717, 1.165) is 17.0 Å². The molecule has 0 fully saturated rings. The van der Waals surface area contributed by atoms with E-state index < -0.39 is 5.91 Å². The number of hydrogen-bond acceptors (Lipinski definition) is 5. The van der Waals surface area contributed by atoms with Crippen molar-refractivity contribution < 1.29 is 14.3 Å². The highest BCUT2D eigenvalue weighted by atomic mass is 32.1. The van der Waals surface area contributed by atoms with Gasteiger partial charge in [-0.25, -0.2) is 4.98 Å². The van der Waals surface area contributed by atoms with E-state index in [0.29, 0.717) is 16.3 Å². The van der Waals surface area contributed by atoms with E-state index in [1.807, 2.05) is 52.0 Å². The quantitative estimate of drug-likeness (QED) is 0.787. The third-order valence-electron chi connectivity index (χ3n) is 3.67. The summed E-state index contributed by atoms with van der Waals surface area (Å²) in [5, 5.41) is 0.881. The van der Waals surface area contributed by atoms with Crippen LogP contribution in [0, 0.1) is 6.92 Å². The third kappa shape index (κ3) is 5.05. The van der Waals surface area contributed by atoms with Gasteiger partial charge in [-0.2, -0.15) is 0 Å². The largest absolute Gasteiger partial charge is 0.483 e. The second-order valence-corrected chi connectivity index (χ2v) is 7.93. The van der Waals surface area contributed by atoms with Gasteiger partial charge in [0.1, 0.15) is 10.6 Å². The van der Waals surface area contributed by atoms with E-state index >= 15 is 0 Å². The lowest BCUT2D eigenvalue weighted by molar-refractivity contribution is -0.123. The van der Waals surface area contributed by atoms with Crippen molar-refractivity contribution in [2.45, 2.75) is 46.5 Å². The topological polar surface area (TPSA) is 80.3 Å². The molecule has 0 aliphatic heterocycles. The summed E-state index contributed by atoms with van der Waals surface area (Å²) in [5.41, 5.74) is 6.35. The maximum Gasteiger partial charge on any atom is 0.281 e. The second kappa shape index (κ2) is 8.31. The van der Waals surface area contributed by atoms with E-state index in [1.54, 1.807) is 6.92 Å². The zero-order chi connectivity index (χ0) is 19.3. The second-order valence-electron chi connectivity index (χ2n) is 6.94. The minimum Gasteiger partial charge on any atom is -0.483 e. The third-order valence-corrected chi connectivity index (χ3v) is 5.25. The van der Waals surface area contributed by atoms with Crippen molar-refractivity contribution in [1.82, 2.24) is 15.8 Å². The SMILES string of the molecule is CCc1ccccc1OCC(=O)NNC(=O)c1sc(C(C)(C)C)nc1C. The first kappa shape index (κ1) is 19.9. The van der Waals surface area contributed by atoms with Crippen LogP contribution in [-0.4, -0.2) is 23.4 Å². The molecule has 1 aromatic heterocycles. The van der Waals surface area contributed by atoms with Gasteiger partial charge in [-0.05, 0) is 25.0 Å². The lowest BCUT2D eigenvalue weighted by atomic mass is 9.98. The number of carbonyl (C=O) groups excluding carboxylic acids is 2. The van der Waals surface area contributed by atoms with Crippen LogP contribution in [0.4, 0.5) is 0 Å². The summed E-state index contributed by atoms with van der Waals surface area (Å²) in [5.74, 6) is -0.134. The molecule has 2 amide bonds. The van der Waals surface area contributed by atoms with E-state index in [-0.39, 0.29) is 17.9 Å². The number of hydrazine groups is 1. The van der Waals surface area contributed by atoms with Gasteiger partial charge in [-0.15, -0.1) is 11.3 Å². The first-order valence-electron chi connectivity index (χ1n) is 8.50. The fourth-order valence-electron chi connectivity index (χ4n) is 2.23. The zero-order valence-corrected chi connectivity index (χ0v) is 16.6. The summed E-state index contributed by atoms with van der Waals surface area (Å²) in [4.78, 5) is 29.2. The van der Waals surface area contributed by atoms with Crippen molar-refractivity contribution in [2.75, 3.05) is 6.61 Å². The Balaban J connectivity index is 1.89. The highest BCUT2D eigenvalue weighted by molar-refractivity contribution is 7.14. The van der Waals surface area contributed by atoms with Gasteiger partial charge >= 0.3 is 0 Å². The molecule has 1 heterocycles. The van der Waals surface area contributed by atoms with E-state index in [2.05, 4.69) is 15.8 Å². The highest BCUT2D eigenvalue weighted by Gasteiger charge is 2.23. The number of aryl methyl sites for hydroxylation is 2. The number of benzene rings is 1. The number of carbonyl (C=O) groups is 2. The Bertz CT molecular complexity index is 794. The summed E-state index contributed by atoms with van der Waals surface area (Å²) < 4.78 is 5.53. The van der Waals surface area contributed by atoms with Crippen LogP contribution in [0.25, 0.3) is 0 Å². The Kier molecular flexibility index (Phi) is 6.37. The van der Waals surface area contributed by atoms with Crippen LogP contribution in [-0.2, 0) is 16.6 Å². The average Bonchev–Trinajstić information content (AvgIpc) is 3.00. The van der Waals surface area contributed by atoms with Gasteiger partial charge in [0.2, 0.25) is 0 Å². The number of rotatable bonds is 5. The normalized spacial score (nSPS) is 11.1. The lowest BCUT2D eigenvalue weighted by Gasteiger charge is -2.13. The van der Waals surface area contributed by atoms with Gasteiger partial charge in [0.25, 0.3) is 11.8 Å². The first-order valence-corrected chi connectivity index (χ1v) is 9.31. The Morgan fingerprint density at radius 2 is 1.88 bits per heavy atom. The predicted octanol–water partition coefficient (Wildman–Crippen LogP) is 3.15. The molecule has 0 spiro atoms. The summed E-state index contributed by atoms with van der Waals surface area (Å²) in [6.45, 7) is 9.76. The summed E-state index contributed by atoms with van der Waals surface area (Å²) in [7, 11) is 0. The Hall–Kier alpha value is -2.41. The molecule has 0 radical (unpaired) electrons. The predicted molar refractivity (Wildman–Crippen MR) is 102 cm³/mol. The maximum atomic E-state index is 12.3. The van der Waals surface area contributed by atoms with Crippen LogP contribution in [0.1, 0.15) is 53.6 Å². The first-order chi connectivity index (χ1) is 12.2. The Labute approximate surface area is 158 Å². The van der Waals surface area contributed by atoms with Crippen molar-refractivity contribution in [3.8, 4) is 5.75 Å². The van der Waals surface area contributed by atoms with Gasteiger partial charge in [0.15, 0.2) is 6.61 Å². The van der Waals surface area contributed by atoms with E-state index in [1.165, 1.54) is 11.3 Å². The number of thiazole rings is 1. The summed E-state index contributed by atoms with van der Waals surface area (Å²) in [6, 6.07) is 7.55. The molecule has 0 atom stereocenters. The molecular weight excluding hydrogens is 350 g/mol. The highest BCUT2D eigenvalue weighted by Crippen LogP contribution is 2.29. The molecule has 6 nitrogen and oxygen atoms in total. The average molecular weight is 375 g/mol. The molecule has 1 aromatic carbocycles. The van der Waals surface area contributed by atoms with Gasteiger partial charge in [-0.1, -0.05) is 45.9 Å². The van der Waals surface area contributed by atoms with Crippen molar-refractivity contribution in [1.29, 1.82) is 0 Å². The lowest BCUT2D eigenvalue weighted by Crippen LogP contribution is -2.43. The van der Waals surface area contributed by atoms with E-state index in [9.17, 15) is 9.59 Å². The van der Waals surface area contributed by atoms with Crippen LogP contribution < -0.4 is 15.6 Å². The van der Waals surface area contributed by atoms with Crippen LogP contribution >= 0.6 is 11.3 Å². The zero-order valence-electron chi connectivity index (χ0n) is 15.8. The minimum absolute atomic E-state index is 0.127. The molecule has 0 aliphatic carbocycles. The molecule has 0 aliphatic rings. The molecule has 26 heavy (non-hydrogen) atoms. The fourth-order valence-corrected chi connectivity index (χ4v) is 3.25. The van der Waals surface area contributed by atoms with Crippen LogP contribution in [0.5, 0.6) is 5.75 Å². The van der Waals surface area contributed by atoms with Crippen molar-refractivity contribution >= 4 is 23.2 Å². The number of para-hydroxylation sites is 1. The van der Waals surface area contributed by atoms with Crippen LogP contribution in [0.2, 0.25) is 0 Å². The van der Waals surface area contributed by atoms with Gasteiger partial charge in [0, 0.05) is 5.41 Å². The standard InChI is InChI=1S/C19H25N3O3S/c1-6-13-9-7-8-10-14(13)25-11-15(23)21-22-17(24)16-12(2)20-18(26-16)19(3,4)5/h7-10H,6,11H2,1-5H3,(H,21,23)(H,22,24). The van der Waals surface area contributed by atoms with Crippen molar-refractivity contribution in [3.05, 3.63) is 45.4 Å². The van der Waals surface area contributed by atoms with Gasteiger partial charge in [0.05, 0.1) is 10.7 Å². The summed E-state index contributed by atoms with van der Waals surface area (Å²) >= 11 is 1.34. The van der Waals surface area contributed by atoms with Crippen LogP contribution in [0.15, 0.2) is 24.3 Å². The molecule has 0 saturated heterocycles. The minimum atomic E-state index is -0.428. The van der Waals surface area contributed by atoms with E-state index in [4.69, 9.17) is 4.74 Å². The molecule has 0 bridgehead atoms. The molecule has 0 unspecified atom stereocenters.